The maximum Gasteiger partial charge on any atom is 0.0208 e. The van der Waals surface area contributed by atoms with E-state index in [-0.39, 0.29) is 0 Å². The van der Waals surface area contributed by atoms with E-state index in [0.717, 1.165) is 18.5 Å². The molecule has 0 saturated heterocycles. The molecule has 1 saturated carbocycles. The molecule has 0 amide bonds. The van der Waals surface area contributed by atoms with Crippen LogP contribution in [-0.2, 0) is 6.54 Å². The van der Waals surface area contributed by atoms with Gasteiger partial charge in [-0.3, -0.25) is 0 Å². The number of aryl methyl sites for hydroxylation is 1. The van der Waals surface area contributed by atoms with E-state index in [1.807, 2.05) is 0 Å². The molecule has 1 aromatic rings. The number of hydrogen-bond donors (Lipinski definition) is 1. The first-order valence-electron chi connectivity index (χ1n) is 5.15. The van der Waals surface area contributed by atoms with E-state index in [4.69, 9.17) is 0 Å². The second kappa shape index (κ2) is 4.03. The van der Waals surface area contributed by atoms with Gasteiger partial charge in [0.15, 0.2) is 0 Å². The molecule has 1 aromatic carbocycles. The first-order chi connectivity index (χ1) is 6.66. The summed E-state index contributed by atoms with van der Waals surface area (Å²) in [4.78, 5) is 0. The molecule has 0 spiro atoms. The molecule has 0 bridgehead atoms. The van der Waals surface area contributed by atoms with Gasteiger partial charge in [-0.1, -0.05) is 35.0 Å². The van der Waals surface area contributed by atoms with Gasteiger partial charge >= 0.3 is 0 Å². The van der Waals surface area contributed by atoms with Crippen LogP contribution in [0, 0.1) is 12.8 Å². The predicted molar refractivity (Wildman–Crippen MR) is 63.3 cm³/mol. The second-order valence-corrected chi connectivity index (χ2v) is 5.14. The molecule has 14 heavy (non-hydrogen) atoms. The highest BCUT2D eigenvalue weighted by molar-refractivity contribution is 9.10. The van der Waals surface area contributed by atoms with Crippen LogP contribution in [0.25, 0.3) is 0 Å². The SMILES string of the molecule is Cc1ccc(CN[C@@H]2C[C@H]2C)cc1Br. The standard InChI is InChI=1S/C12H16BrN/c1-8-3-4-10(6-11(8)13)7-14-12-5-9(12)2/h3-4,6,9,12,14H,5,7H2,1-2H3/t9-,12-/m1/s1. The summed E-state index contributed by atoms with van der Waals surface area (Å²) in [5.74, 6) is 0.879. The van der Waals surface area contributed by atoms with E-state index >= 15 is 0 Å². The Morgan fingerprint density at radius 2 is 2.21 bits per heavy atom. The van der Waals surface area contributed by atoms with Crippen molar-refractivity contribution in [2.75, 3.05) is 0 Å². The molecule has 0 unspecified atom stereocenters. The zero-order valence-electron chi connectivity index (χ0n) is 8.68. The highest BCUT2D eigenvalue weighted by Crippen LogP contribution is 2.29. The zero-order valence-corrected chi connectivity index (χ0v) is 10.3. The normalized spacial score (nSPS) is 25.1. The lowest BCUT2D eigenvalue weighted by atomic mass is 10.1. The van der Waals surface area contributed by atoms with E-state index in [1.165, 1.54) is 22.0 Å². The van der Waals surface area contributed by atoms with Crippen LogP contribution in [-0.4, -0.2) is 6.04 Å². The minimum atomic E-state index is 0.759. The van der Waals surface area contributed by atoms with Crippen molar-refractivity contribution in [3.05, 3.63) is 33.8 Å². The van der Waals surface area contributed by atoms with E-state index in [1.54, 1.807) is 0 Å². The van der Waals surface area contributed by atoms with Crippen molar-refractivity contribution in [3.63, 3.8) is 0 Å². The summed E-state index contributed by atoms with van der Waals surface area (Å²) in [5, 5.41) is 3.55. The first kappa shape index (κ1) is 10.2. The third-order valence-corrected chi connectivity index (χ3v) is 3.77. The molecule has 0 aromatic heterocycles. The van der Waals surface area contributed by atoms with Crippen molar-refractivity contribution in [3.8, 4) is 0 Å². The van der Waals surface area contributed by atoms with Crippen LogP contribution in [0.15, 0.2) is 22.7 Å². The monoisotopic (exact) mass is 253 g/mol. The van der Waals surface area contributed by atoms with Crippen molar-refractivity contribution in [2.45, 2.75) is 32.9 Å². The van der Waals surface area contributed by atoms with Gasteiger partial charge in [-0.05, 0) is 36.5 Å². The fourth-order valence-electron chi connectivity index (χ4n) is 1.60. The van der Waals surface area contributed by atoms with Crippen molar-refractivity contribution in [2.24, 2.45) is 5.92 Å². The molecule has 0 radical (unpaired) electrons. The molecular weight excluding hydrogens is 238 g/mol. The second-order valence-electron chi connectivity index (χ2n) is 4.28. The Bertz CT molecular complexity index is 335. The third-order valence-electron chi connectivity index (χ3n) is 2.91. The minimum Gasteiger partial charge on any atom is -0.310 e. The fraction of sp³-hybridized carbons (Fsp3) is 0.500. The van der Waals surface area contributed by atoms with Crippen LogP contribution in [0.3, 0.4) is 0 Å². The summed E-state index contributed by atoms with van der Waals surface area (Å²) >= 11 is 3.55. The van der Waals surface area contributed by atoms with E-state index in [9.17, 15) is 0 Å². The van der Waals surface area contributed by atoms with Crippen LogP contribution in [0.5, 0.6) is 0 Å². The van der Waals surface area contributed by atoms with Crippen LogP contribution in [0.4, 0.5) is 0 Å². The Morgan fingerprint density at radius 1 is 1.50 bits per heavy atom. The van der Waals surface area contributed by atoms with Gasteiger partial charge in [0.1, 0.15) is 0 Å². The Hall–Kier alpha value is -0.340. The van der Waals surface area contributed by atoms with Gasteiger partial charge in [-0.2, -0.15) is 0 Å². The lowest BCUT2D eigenvalue weighted by molar-refractivity contribution is 0.652. The fourth-order valence-corrected chi connectivity index (χ4v) is 2.03. The van der Waals surface area contributed by atoms with E-state index in [0.29, 0.717) is 0 Å². The minimum absolute atomic E-state index is 0.759. The molecule has 2 atom stereocenters. The molecule has 1 aliphatic carbocycles. The topological polar surface area (TPSA) is 12.0 Å². The Labute approximate surface area is 94.0 Å². The van der Waals surface area contributed by atoms with Crippen LogP contribution < -0.4 is 5.32 Å². The highest BCUT2D eigenvalue weighted by atomic mass is 79.9. The lowest BCUT2D eigenvalue weighted by Crippen LogP contribution is -2.16. The Morgan fingerprint density at radius 3 is 2.79 bits per heavy atom. The maximum absolute atomic E-state index is 3.55. The molecular formula is C12H16BrN. The van der Waals surface area contributed by atoms with Crippen molar-refractivity contribution < 1.29 is 0 Å². The van der Waals surface area contributed by atoms with E-state index < -0.39 is 0 Å². The predicted octanol–water partition coefficient (Wildman–Crippen LogP) is 3.26. The molecule has 1 fully saturated rings. The van der Waals surface area contributed by atoms with Gasteiger partial charge in [0.25, 0.3) is 0 Å². The summed E-state index contributed by atoms with van der Waals surface area (Å²) in [6.07, 6.45) is 1.34. The smallest absolute Gasteiger partial charge is 0.0208 e. The quantitative estimate of drug-likeness (QED) is 0.873. The Kier molecular flexibility index (Phi) is 2.93. The summed E-state index contributed by atoms with van der Waals surface area (Å²) < 4.78 is 1.21. The van der Waals surface area contributed by atoms with E-state index in [2.05, 4.69) is 53.3 Å². The number of benzene rings is 1. The van der Waals surface area contributed by atoms with Crippen LogP contribution >= 0.6 is 15.9 Å². The lowest BCUT2D eigenvalue weighted by Gasteiger charge is -2.05. The molecule has 2 rings (SSSR count). The molecule has 2 heteroatoms. The maximum atomic E-state index is 3.55. The van der Waals surface area contributed by atoms with Crippen molar-refractivity contribution >= 4 is 15.9 Å². The number of halogens is 1. The van der Waals surface area contributed by atoms with Crippen LogP contribution in [0.2, 0.25) is 0 Å². The molecule has 0 aliphatic heterocycles. The van der Waals surface area contributed by atoms with Gasteiger partial charge in [0, 0.05) is 17.1 Å². The largest absolute Gasteiger partial charge is 0.310 e. The highest BCUT2D eigenvalue weighted by Gasteiger charge is 2.31. The molecule has 1 nitrogen and oxygen atoms in total. The number of hydrogen-bond acceptors (Lipinski definition) is 1. The Balaban J connectivity index is 1.92. The summed E-state index contributed by atoms with van der Waals surface area (Å²) in [6.45, 7) is 5.40. The van der Waals surface area contributed by atoms with Crippen LogP contribution in [0.1, 0.15) is 24.5 Å². The summed E-state index contributed by atoms with van der Waals surface area (Å²) in [6, 6.07) is 7.32. The summed E-state index contributed by atoms with van der Waals surface area (Å²) in [5.41, 5.74) is 2.66. The molecule has 1 N–H and O–H groups in total. The third kappa shape index (κ3) is 2.37. The van der Waals surface area contributed by atoms with Crippen molar-refractivity contribution in [1.82, 2.24) is 5.32 Å². The van der Waals surface area contributed by atoms with Crippen molar-refractivity contribution in [1.29, 1.82) is 0 Å². The molecule has 1 aliphatic rings. The molecule has 76 valence electrons. The van der Waals surface area contributed by atoms with Gasteiger partial charge in [0.2, 0.25) is 0 Å². The average Bonchev–Trinajstić information content (AvgIpc) is 2.85. The number of nitrogens with one attached hydrogen (secondary N) is 1. The number of rotatable bonds is 3. The van der Waals surface area contributed by atoms with Gasteiger partial charge in [0.05, 0.1) is 0 Å². The zero-order chi connectivity index (χ0) is 10.1. The van der Waals surface area contributed by atoms with Gasteiger partial charge < -0.3 is 5.32 Å². The van der Waals surface area contributed by atoms with Gasteiger partial charge in [-0.25, -0.2) is 0 Å². The average molecular weight is 254 g/mol. The molecule has 0 heterocycles. The summed E-state index contributed by atoms with van der Waals surface area (Å²) in [7, 11) is 0. The first-order valence-corrected chi connectivity index (χ1v) is 5.94. The van der Waals surface area contributed by atoms with Gasteiger partial charge in [-0.15, -0.1) is 0 Å².